The molecule has 1 saturated heterocycles. The van der Waals surface area contributed by atoms with Gasteiger partial charge in [0.15, 0.2) is 11.5 Å². The first-order valence-electron chi connectivity index (χ1n) is 11.2. The van der Waals surface area contributed by atoms with E-state index < -0.39 is 18.0 Å². The van der Waals surface area contributed by atoms with Crippen LogP contribution in [0, 0.1) is 5.92 Å². The van der Waals surface area contributed by atoms with Crippen LogP contribution in [0.4, 0.5) is 0 Å². The van der Waals surface area contributed by atoms with Crippen LogP contribution in [0.25, 0.3) is 0 Å². The van der Waals surface area contributed by atoms with Crippen LogP contribution in [0.3, 0.4) is 0 Å². The fourth-order valence-electron chi connectivity index (χ4n) is 4.19. The van der Waals surface area contributed by atoms with Crippen LogP contribution >= 0.6 is 0 Å². The minimum atomic E-state index is -0.677. The SMILES string of the molecule is C[C@H](N)C(=O)N1CCC(C(NC(=O)c2cc(C3CC3)on2)C(=O)Cc2ccncc2)CC1. The predicted octanol–water partition coefficient (Wildman–Crippen LogP) is 1.44. The van der Waals surface area contributed by atoms with Crippen LogP contribution in [-0.4, -0.2) is 57.8 Å². The largest absolute Gasteiger partial charge is 0.360 e. The van der Waals surface area contributed by atoms with Gasteiger partial charge in [0.25, 0.3) is 5.91 Å². The smallest absolute Gasteiger partial charge is 0.274 e. The number of hydrogen-bond acceptors (Lipinski definition) is 7. The molecule has 1 aliphatic heterocycles. The highest BCUT2D eigenvalue weighted by Crippen LogP contribution is 2.40. The summed E-state index contributed by atoms with van der Waals surface area (Å²) in [6.07, 6.45) is 6.78. The first-order valence-corrected chi connectivity index (χ1v) is 11.2. The number of Topliss-reactive ketones (excluding diaryl/α,β-unsaturated/α-hetero) is 1. The number of nitrogens with two attached hydrogens (primary N) is 1. The summed E-state index contributed by atoms with van der Waals surface area (Å²) < 4.78 is 5.30. The molecule has 170 valence electrons. The van der Waals surface area contributed by atoms with Crippen molar-refractivity contribution in [1.29, 1.82) is 0 Å². The lowest BCUT2D eigenvalue weighted by Gasteiger charge is -2.36. The van der Waals surface area contributed by atoms with Crippen molar-refractivity contribution in [2.45, 2.75) is 57.0 Å². The van der Waals surface area contributed by atoms with Crippen LogP contribution in [0.1, 0.15) is 60.3 Å². The molecule has 2 fully saturated rings. The van der Waals surface area contributed by atoms with Crippen LogP contribution in [0.5, 0.6) is 0 Å². The molecule has 3 N–H and O–H groups in total. The summed E-state index contributed by atoms with van der Waals surface area (Å²) in [6, 6.07) is 4.02. The van der Waals surface area contributed by atoms with Gasteiger partial charge in [0.1, 0.15) is 5.76 Å². The Morgan fingerprint density at radius 3 is 2.50 bits per heavy atom. The molecule has 2 aromatic heterocycles. The summed E-state index contributed by atoms with van der Waals surface area (Å²) >= 11 is 0. The first kappa shape index (κ1) is 22.1. The van der Waals surface area contributed by atoms with Crippen molar-refractivity contribution >= 4 is 17.6 Å². The molecule has 2 atom stereocenters. The van der Waals surface area contributed by atoms with Crippen LogP contribution in [0.2, 0.25) is 0 Å². The second-order valence-corrected chi connectivity index (χ2v) is 8.79. The Bertz CT molecular complexity index is 962. The molecule has 2 aromatic rings. The first-order chi connectivity index (χ1) is 15.4. The Morgan fingerprint density at radius 2 is 1.88 bits per heavy atom. The molecule has 3 heterocycles. The van der Waals surface area contributed by atoms with E-state index in [0.717, 1.165) is 24.2 Å². The van der Waals surface area contributed by atoms with Crippen molar-refractivity contribution in [2.24, 2.45) is 11.7 Å². The van der Waals surface area contributed by atoms with Gasteiger partial charge in [0, 0.05) is 43.9 Å². The van der Waals surface area contributed by atoms with Gasteiger partial charge in [0.05, 0.1) is 12.1 Å². The minimum Gasteiger partial charge on any atom is -0.360 e. The zero-order valence-corrected chi connectivity index (χ0v) is 18.2. The third-order valence-electron chi connectivity index (χ3n) is 6.21. The summed E-state index contributed by atoms with van der Waals surface area (Å²) in [7, 11) is 0. The number of pyridine rings is 1. The van der Waals surface area contributed by atoms with E-state index in [-0.39, 0.29) is 29.7 Å². The fraction of sp³-hybridized carbons (Fsp3) is 0.522. The second-order valence-electron chi connectivity index (χ2n) is 8.79. The number of nitrogens with zero attached hydrogens (tertiary/aromatic N) is 3. The number of carbonyl (C=O) groups is 3. The highest BCUT2D eigenvalue weighted by Gasteiger charge is 2.35. The van der Waals surface area contributed by atoms with Gasteiger partial charge in [-0.3, -0.25) is 19.4 Å². The van der Waals surface area contributed by atoms with E-state index in [1.807, 2.05) is 0 Å². The van der Waals surface area contributed by atoms with Crippen molar-refractivity contribution in [2.75, 3.05) is 13.1 Å². The molecule has 32 heavy (non-hydrogen) atoms. The highest BCUT2D eigenvalue weighted by molar-refractivity contribution is 5.97. The van der Waals surface area contributed by atoms with Crippen LogP contribution < -0.4 is 11.1 Å². The van der Waals surface area contributed by atoms with Gasteiger partial charge in [-0.2, -0.15) is 0 Å². The van der Waals surface area contributed by atoms with Gasteiger partial charge < -0.3 is 20.5 Å². The maximum absolute atomic E-state index is 13.2. The number of hydrogen-bond donors (Lipinski definition) is 2. The average Bonchev–Trinajstić information content (AvgIpc) is 3.53. The maximum Gasteiger partial charge on any atom is 0.274 e. The van der Waals surface area contributed by atoms with Crippen LogP contribution in [0.15, 0.2) is 35.1 Å². The number of nitrogens with one attached hydrogen (secondary N) is 1. The van der Waals surface area contributed by atoms with E-state index in [1.165, 1.54) is 0 Å². The molecule has 0 spiro atoms. The molecule has 2 aliphatic rings. The van der Waals surface area contributed by atoms with E-state index in [4.69, 9.17) is 10.3 Å². The second kappa shape index (κ2) is 9.60. The Labute approximate surface area is 186 Å². The zero-order valence-electron chi connectivity index (χ0n) is 18.2. The standard InChI is InChI=1S/C23H29N5O4/c1-14(24)23(31)28-10-6-17(7-11-28)21(19(29)12-15-4-8-25-9-5-15)26-22(30)18-13-20(32-27-18)16-2-3-16/h4-5,8-9,13-14,16-17,21H,2-3,6-7,10-12,24H2,1H3,(H,26,30)/t14-,21?/m0/s1. The molecule has 1 unspecified atom stereocenters. The van der Waals surface area contributed by atoms with Crippen LogP contribution in [-0.2, 0) is 16.0 Å². The number of rotatable bonds is 8. The predicted molar refractivity (Wildman–Crippen MR) is 116 cm³/mol. The molecule has 0 bridgehead atoms. The van der Waals surface area contributed by atoms with Gasteiger partial charge in [0.2, 0.25) is 5.91 Å². The molecule has 4 rings (SSSR count). The summed E-state index contributed by atoms with van der Waals surface area (Å²) in [6.45, 7) is 2.69. The maximum atomic E-state index is 13.2. The number of amides is 2. The van der Waals surface area contributed by atoms with Crippen molar-refractivity contribution in [3.05, 3.63) is 47.6 Å². The Kier molecular flexibility index (Phi) is 6.64. The highest BCUT2D eigenvalue weighted by atomic mass is 16.5. The van der Waals surface area contributed by atoms with Gasteiger partial charge >= 0.3 is 0 Å². The normalized spacial score (nSPS) is 18.8. The quantitative estimate of drug-likeness (QED) is 0.636. The lowest BCUT2D eigenvalue weighted by atomic mass is 9.85. The number of aromatic nitrogens is 2. The van der Waals surface area contributed by atoms with E-state index >= 15 is 0 Å². The van der Waals surface area contributed by atoms with Gasteiger partial charge in [-0.05, 0) is 56.2 Å². The Morgan fingerprint density at radius 1 is 1.19 bits per heavy atom. The van der Waals surface area contributed by atoms with Gasteiger partial charge in [-0.25, -0.2) is 0 Å². The lowest BCUT2D eigenvalue weighted by molar-refractivity contribution is -0.133. The number of carbonyl (C=O) groups excluding carboxylic acids is 3. The summed E-state index contributed by atoms with van der Waals surface area (Å²) in [5.74, 6) is 0.398. The van der Waals surface area contributed by atoms with E-state index in [1.54, 1.807) is 42.4 Å². The average molecular weight is 440 g/mol. The van der Waals surface area contributed by atoms with Crippen molar-refractivity contribution < 1.29 is 18.9 Å². The molecule has 9 heteroatoms. The number of piperidine rings is 1. The van der Waals surface area contributed by atoms with Crippen molar-refractivity contribution in [3.63, 3.8) is 0 Å². The summed E-state index contributed by atoms with van der Waals surface area (Å²) in [4.78, 5) is 44.1. The molecule has 1 aliphatic carbocycles. The van der Waals surface area contributed by atoms with E-state index in [9.17, 15) is 14.4 Å². The summed E-state index contributed by atoms with van der Waals surface area (Å²) in [5, 5.41) is 6.81. The lowest BCUT2D eigenvalue weighted by Crippen LogP contribution is -2.52. The Balaban J connectivity index is 1.46. The molecule has 2 amide bonds. The molecule has 0 aromatic carbocycles. The third kappa shape index (κ3) is 5.21. The van der Waals surface area contributed by atoms with Crippen molar-refractivity contribution in [3.8, 4) is 0 Å². The molecular weight excluding hydrogens is 410 g/mol. The molecule has 9 nitrogen and oxygen atoms in total. The van der Waals surface area contributed by atoms with E-state index in [2.05, 4.69) is 15.5 Å². The zero-order chi connectivity index (χ0) is 22.7. The van der Waals surface area contributed by atoms with E-state index in [0.29, 0.717) is 31.8 Å². The molecule has 1 saturated carbocycles. The summed E-state index contributed by atoms with van der Waals surface area (Å²) in [5.41, 5.74) is 6.76. The molecule has 0 radical (unpaired) electrons. The monoisotopic (exact) mass is 439 g/mol. The number of likely N-dealkylation sites (tertiary alicyclic amines) is 1. The van der Waals surface area contributed by atoms with Gasteiger partial charge in [-0.1, -0.05) is 5.16 Å². The van der Waals surface area contributed by atoms with Crippen molar-refractivity contribution in [1.82, 2.24) is 20.4 Å². The third-order valence-corrected chi connectivity index (χ3v) is 6.21. The molecular formula is C23H29N5O4. The minimum absolute atomic E-state index is 0.0765. The fourth-order valence-corrected chi connectivity index (χ4v) is 4.19. The topological polar surface area (TPSA) is 131 Å². The van der Waals surface area contributed by atoms with Gasteiger partial charge in [-0.15, -0.1) is 0 Å². The number of ketones is 1. The Hall–Kier alpha value is -3.07.